The number of benzene rings is 7. The molecular weight excluding hydrogens is 1100 g/mol. The highest BCUT2D eigenvalue weighted by Gasteiger charge is 2.29. The smallest absolute Gasteiger partial charge is 0.244 e. The number of hydrogen-bond acceptors (Lipinski definition) is 12. The van der Waals surface area contributed by atoms with Gasteiger partial charge in [-0.1, -0.05) is 200 Å². The number of carbonyl (C=O) groups excluding carboxylic acids is 2. The zero-order valence-electron chi connectivity index (χ0n) is 50.7. The van der Waals surface area contributed by atoms with E-state index >= 15 is 0 Å². The lowest BCUT2D eigenvalue weighted by molar-refractivity contribution is -0.118. The van der Waals surface area contributed by atoms with Crippen LogP contribution in [0.15, 0.2) is 225 Å². The van der Waals surface area contributed by atoms with Crippen molar-refractivity contribution in [1.29, 1.82) is 0 Å². The van der Waals surface area contributed by atoms with Gasteiger partial charge >= 0.3 is 0 Å². The standard InChI is InChI=1S/C39H42N2O4.C36H42N2O5/c1-43-38-27-30(21-22-37(38)44-29-31-14-5-2-6-15-31)13-11-12-20-36(42)35(40)28-41-25-23-34(24-26-41)45-39(32-16-7-3-8-17-32)33-18-9-4-10-19-33;1-40-32-27-28(21-22-31(32)42-35-20-12-26-41-35)13-8-9-18-33(39)37-23-25-38-24-11-10-19-34(38)43-36(29-14-4-2-5-15-29)30-16-6-3-7-17-30/h2-22,27,34-35,39H,23-26,28-29,40H2,1H3;2-9,13-18,21-22,27,34-36H,10-12,19-20,23-26H2,1H3,(H,37,39). The zero-order chi connectivity index (χ0) is 61.0. The van der Waals surface area contributed by atoms with E-state index in [-0.39, 0.29) is 42.5 Å². The van der Waals surface area contributed by atoms with Gasteiger partial charge in [-0.05, 0) is 108 Å². The fourth-order valence-electron chi connectivity index (χ4n) is 11.0. The van der Waals surface area contributed by atoms with E-state index in [0.717, 1.165) is 117 Å². The van der Waals surface area contributed by atoms with Crippen LogP contribution in [0.25, 0.3) is 12.2 Å². The summed E-state index contributed by atoms with van der Waals surface area (Å²) in [5.41, 5.74) is 13.9. The number of hydrogen-bond donors (Lipinski definition) is 2. The molecule has 3 aliphatic rings. The number of allylic oxidation sites excluding steroid dienone is 4. The molecule has 0 saturated carbocycles. The lowest BCUT2D eigenvalue weighted by Crippen LogP contribution is -2.46. The Morgan fingerprint density at radius 3 is 1.67 bits per heavy atom. The first-order chi connectivity index (χ1) is 43.3. The van der Waals surface area contributed by atoms with Gasteiger partial charge in [0.05, 0.1) is 33.0 Å². The van der Waals surface area contributed by atoms with Gasteiger partial charge < -0.3 is 49.1 Å². The number of rotatable bonds is 27. The maximum atomic E-state index is 12.8. The fourth-order valence-corrected chi connectivity index (χ4v) is 11.0. The van der Waals surface area contributed by atoms with Gasteiger partial charge in [0.25, 0.3) is 0 Å². The Morgan fingerprint density at radius 1 is 0.580 bits per heavy atom. The molecule has 0 radical (unpaired) electrons. The Kier molecular flexibility index (Phi) is 25.4. The third-order valence-corrected chi connectivity index (χ3v) is 15.7. The van der Waals surface area contributed by atoms with E-state index in [0.29, 0.717) is 42.7 Å². The quantitative estimate of drug-likeness (QED) is 0.0374. The fraction of sp³-hybridized carbons (Fsp3) is 0.307. The van der Waals surface area contributed by atoms with E-state index in [1.807, 2.05) is 115 Å². The highest BCUT2D eigenvalue weighted by atomic mass is 16.7. The molecule has 1 amide bonds. The summed E-state index contributed by atoms with van der Waals surface area (Å²) in [5, 5.41) is 3.02. The van der Waals surface area contributed by atoms with Crippen LogP contribution in [-0.4, -0.2) is 106 Å². The summed E-state index contributed by atoms with van der Waals surface area (Å²) in [4.78, 5) is 29.9. The van der Waals surface area contributed by atoms with Crippen LogP contribution in [0, 0.1) is 0 Å². The maximum absolute atomic E-state index is 12.8. The summed E-state index contributed by atoms with van der Waals surface area (Å²) in [6.07, 6.45) is 20.7. The Hall–Kier alpha value is -8.40. The first kappa shape index (κ1) is 64.1. The van der Waals surface area contributed by atoms with Gasteiger partial charge in [-0.15, -0.1) is 0 Å². The first-order valence-corrected chi connectivity index (χ1v) is 30.8. The molecule has 3 N–H and O–H groups in total. The van der Waals surface area contributed by atoms with Crippen molar-refractivity contribution in [2.45, 2.75) is 88.4 Å². The van der Waals surface area contributed by atoms with Crippen molar-refractivity contribution >= 4 is 23.8 Å². The van der Waals surface area contributed by atoms with Crippen LogP contribution in [0.1, 0.15) is 96.1 Å². The Bertz CT molecular complexity index is 3230. The van der Waals surface area contributed by atoms with Crippen LogP contribution in [0.5, 0.6) is 23.0 Å². The van der Waals surface area contributed by atoms with Crippen LogP contribution in [0.3, 0.4) is 0 Å². The van der Waals surface area contributed by atoms with E-state index in [2.05, 4.69) is 112 Å². The van der Waals surface area contributed by atoms with Crippen LogP contribution < -0.4 is 30.0 Å². The minimum Gasteiger partial charge on any atom is -0.493 e. The summed E-state index contributed by atoms with van der Waals surface area (Å²) in [6.45, 7) is 5.65. The third kappa shape index (κ3) is 20.1. The number of methoxy groups -OCH3 is 2. The van der Waals surface area contributed by atoms with E-state index in [1.165, 1.54) is 0 Å². The normalized spacial score (nSPS) is 17.1. The Labute approximate surface area is 520 Å². The van der Waals surface area contributed by atoms with Gasteiger partial charge in [-0.2, -0.15) is 0 Å². The van der Waals surface area contributed by atoms with Crippen molar-refractivity contribution in [3.8, 4) is 23.0 Å². The lowest BCUT2D eigenvalue weighted by atomic mass is 10.00. The van der Waals surface area contributed by atoms with Crippen molar-refractivity contribution < 1.29 is 42.7 Å². The molecule has 7 aromatic rings. The zero-order valence-corrected chi connectivity index (χ0v) is 50.7. The molecule has 3 heterocycles. The molecule has 458 valence electrons. The highest BCUT2D eigenvalue weighted by Crippen LogP contribution is 2.34. The monoisotopic (exact) mass is 1180 g/mol. The molecule has 0 aromatic heterocycles. The number of carbonyl (C=O) groups is 2. The van der Waals surface area contributed by atoms with Crippen molar-refractivity contribution in [2.75, 3.05) is 60.1 Å². The molecule has 13 nitrogen and oxygen atoms in total. The molecule has 3 fully saturated rings. The molecule has 3 atom stereocenters. The maximum Gasteiger partial charge on any atom is 0.244 e. The molecule has 3 unspecified atom stereocenters. The average Bonchev–Trinajstić information content (AvgIpc) is 4.19. The summed E-state index contributed by atoms with van der Waals surface area (Å²) >= 11 is 0. The average molecular weight is 1190 g/mol. The van der Waals surface area contributed by atoms with Crippen molar-refractivity contribution in [3.05, 3.63) is 263 Å². The summed E-state index contributed by atoms with van der Waals surface area (Å²) in [6, 6.07) is 62.5. The minimum atomic E-state index is -0.574. The molecule has 3 saturated heterocycles. The molecule has 88 heavy (non-hydrogen) atoms. The van der Waals surface area contributed by atoms with Gasteiger partial charge in [0.15, 0.2) is 35.1 Å². The molecule has 7 aromatic carbocycles. The van der Waals surface area contributed by atoms with E-state index < -0.39 is 6.04 Å². The predicted molar refractivity (Wildman–Crippen MR) is 349 cm³/mol. The molecule has 0 aliphatic carbocycles. The molecule has 13 heteroatoms. The summed E-state index contributed by atoms with van der Waals surface area (Å²) < 4.78 is 41.9. The van der Waals surface area contributed by atoms with Crippen molar-refractivity contribution in [1.82, 2.24) is 15.1 Å². The number of nitrogens with one attached hydrogen (secondary N) is 1. The van der Waals surface area contributed by atoms with Crippen molar-refractivity contribution in [3.63, 3.8) is 0 Å². The van der Waals surface area contributed by atoms with Gasteiger partial charge in [-0.25, -0.2) is 0 Å². The number of nitrogens with zero attached hydrogens (tertiary/aromatic N) is 2. The number of amides is 1. The molecular formula is C75H84N4O9. The van der Waals surface area contributed by atoms with E-state index in [1.54, 1.807) is 38.5 Å². The molecule has 10 rings (SSSR count). The van der Waals surface area contributed by atoms with Gasteiger partial charge in [0.2, 0.25) is 5.91 Å². The summed E-state index contributed by atoms with van der Waals surface area (Å²) in [7, 11) is 3.25. The molecule has 3 aliphatic heterocycles. The van der Waals surface area contributed by atoms with Crippen LogP contribution in [-0.2, 0) is 30.4 Å². The minimum absolute atomic E-state index is 0.00555. The first-order valence-electron chi connectivity index (χ1n) is 30.8. The third-order valence-electron chi connectivity index (χ3n) is 15.7. The number of likely N-dealkylation sites (tertiary alicyclic amines) is 2. The number of nitrogens with two attached hydrogens (primary N) is 1. The van der Waals surface area contributed by atoms with Crippen molar-refractivity contribution in [2.24, 2.45) is 5.73 Å². The lowest BCUT2D eigenvalue weighted by Gasteiger charge is -2.38. The Morgan fingerprint density at radius 2 is 1.11 bits per heavy atom. The number of ketones is 1. The largest absolute Gasteiger partial charge is 0.493 e. The van der Waals surface area contributed by atoms with Crippen LogP contribution >= 0.6 is 0 Å². The van der Waals surface area contributed by atoms with E-state index in [4.69, 9.17) is 38.9 Å². The molecule has 0 spiro atoms. The van der Waals surface area contributed by atoms with E-state index in [9.17, 15) is 9.59 Å². The SMILES string of the molecule is COc1cc(C=CC=CC(=O)C(N)CN2CCC(OC(c3ccccc3)c3ccccc3)CC2)ccc1OCc1ccccc1.COc1cc(C=CC=CC(=O)NCCN2CCCCC2OC(c2ccccc2)c2ccccc2)ccc1OC1CCCO1. The Balaban J connectivity index is 0.000000210. The summed E-state index contributed by atoms with van der Waals surface area (Å²) in [5.74, 6) is 2.44. The second-order valence-electron chi connectivity index (χ2n) is 22.1. The predicted octanol–water partition coefficient (Wildman–Crippen LogP) is 13.5. The van der Waals surface area contributed by atoms with Gasteiger partial charge in [0, 0.05) is 51.8 Å². The van der Waals surface area contributed by atoms with Crippen LogP contribution in [0.2, 0.25) is 0 Å². The number of ether oxygens (including phenoxy) is 7. The van der Waals surface area contributed by atoms with Gasteiger partial charge in [0.1, 0.15) is 25.0 Å². The highest BCUT2D eigenvalue weighted by molar-refractivity contribution is 5.94. The topological polar surface area (TPSA) is 143 Å². The second-order valence-corrected chi connectivity index (χ2v) is 22.1. The van der Waals surface area contributed by atoms with Gasteiger partial charge in [-0.3, -0.25) is 14.5 Å². The molecule has 0 bridgehead atoms. The second kappa shape index (κ2) is 34.8. The number of piperidine rings is 2. The van der Waals surface area contributed by atoms with Crippen LogP contribution in [0.4, 0.5) is 0 Å².